The number of hydrogen-bond donors (Lipinski definition) is 1. The Morgan fingerprint density at radius 3 is 2.67 bits per heavy atom. The number of rotatable bonds is 2. The van der Waals surface area contributed by atoms with Gasteiger partial charge in [-0.3, -0.25) is 0 Å². The number of carboxylic acid groups (broad SMARTS) is 1. The fourth-order valence-corrected chi connectivity index (χ4v) is 2.47. The molecule has 0 saturated heterocycles. The molecule has 0 unspecified atom stereocenters. The van der Waals surface area contributed by atoms with Crippen LogP contribution in [0, 0.1) is 0 Å². The van der Waals surface area contributed by atoms with Crippen molar-refractivity contribution in [3.8, 4) is 10.4 Å². The van der Waals surface area contributed by atoms with E-state index in [9.17, 15) is 4.79 Å². The third-order valence-electron chi connectivity index (χ3n) is 1.99. The summed E-state index contributed by atoms with van der Waals surface area (Å²) in [6, 6.07) is 9.02. The Balaban J connectivity index is 2.46. The Hall–Kier alpha value is -1.32. The third kappa shape index (κ3) is 2.03. The van der Waals surface area contributed by atoms with Crippen molar-refractivity contribution < 1.29 is 9.90 Å². The zero-order chi connectivity index (χ0) is 10.8. The lowest BCUT2D eigenvalue weighted by atomic mass is 10.2. The van der Waals surface area contributed by atoms with Gasteiger partial charge in [-0.1, -0.05) is 29.8 Å². The van der Waals surface area contributed by atoms with Crippen LogP contribution in [-0.4, -0.2) is 11.1 Å². The molecule has 0 fully saturated rings. The maximum atomic E-state index is 10.7. The summed E-state index contributed by atoms with van der Waals surface area (Å²) in [7, 11) is 0. The first-order chi connectivity index (χ1) is 7.18. The van der Waals surface area contributed by atoms with Crippen LogP contribution in [0.2, 0.25) is 5.02 Å². The molecule has 76 valence electrons. The van der Waals surface area contributed by atoms with Gasteiger partial charge >= 0.3 is 5.97 Å². The van der Waals surface area contributed by atoms with Crippen LogP contribution in [0.4, 0.5) is 0 Å². The van der Waals surface area contributed by atoms with Gasteiger partial charge in [0.2, 0.25) is 0 Å². The number of benzene rings is 1. The number of halogens is 1. The molecule has 0 bridgehead atoms. The Morgan fingerprint density at radius 2 is 2.07 bits per heavy atom. The Morgan fingerprint density at radius 1 is 1.33 bits per heavy atom. The van der Waals surface area contributed by atoms with E-state index in [0.29, 0.717) is 10.6 Å². The maximum Gasteiger partial charge on any atom is 0.336 e. The molecule has 4 heteroatoms. The van der Waals surface area contributed by atoms with E-state index >= 15 is 0 Å². The number of carboxylic acids is 1. The van der Waals surface area contributed by atoms with Crippen molar-refractivity contribution in [2.45, 2.75) is 0 Å². The minimum absolute atomic E-state index is 0.301. The van der Waals surface area contributed by atoms with Crippen LogP contribution in [0.5, 0.6) is 0 Å². The minimum Gasteiger partial charge on any atom is -0.478 e. The fraction of sp³-hybridized carbons (Fsp3) is 0. The number of hydrogen-bond acceptors (Lipinski definition) is 2. The minimum atomic E-state index is -0.912. The molecule has 1 N–H and O–H groups in total. The number of carbonyl (C=O) groups is 1. The van der Waals surface area contributed by atoms with E-state index in [-0.39, 0.29) is 0 Å². The molecule has 1 heterocycles. The first-order valence-electron chi connectivity index (χ1n) is 4.25. The van der Waals surface area contributed by atoms with Gasteiger partial charge in [-0.25, -0.2) is 4.79 Å². The molecule has 0 aliphatic carbocycles. The molecular formula is C11H7ClO2S. The van der Waals surface area contributed by atoms with E-state index < -0.39 is 5.97 Å². The van der Waals surface area contributed by atoms with Gasteiger partial charge in [0.1, 0.15) is 0 Å². The van der Waals surface area contributed by atoms with Crippen LogP contribution in [0.3, 0.4) is 0 Å². The van der Waals surface area contributed by atoms with Crippen LogP contribution in [0.1, 0.15) is 10.4 Å². The molecule has 0 aliphatic heterocycles. The van der Waals surface area contributed by atoms with E-state index in [2.05, 4.69) is 0 Å². The van der Waals surface area contributed by atoms with E-state index in [0.717, 1.165) is 10.4 Å². The molecule has 0 amide bonds. The molecule has 2 nitrogen and oxygen atoms in total. The van der Waals surface area contributed by atoms with Crippen molar-refractivity contribution in [3.63, 3.8) is 0 Å². The third-order valence-corrected chi connectivity index (χ3v) is 3.28. The highest BCUT2D eigenvalue weighted by Crippen LogP contribution is 2.32. The highest BCUT2D eigenvalue weighted by atomic mass is 35.5. The van der Waals surface area contributed by atoms with E-state index in [1.54, 1.807) is 17.5 Å². The summed E-state index contributed by atoms with van der Waals surface area (Å²) in [6.07, 6.45) is 0. The highest BCUT2D eigenvalue weighted by Gasteiger charge is 2.09. The predicted molar refractivity (Wildman–Crippen MR) is 61.7 cm³/mol. The van der Waals surface area contributed by atoms with Crippen LogP contribution in [0.15, 0.2) is 35.7 Å². The Bertz CT molecular complexity index is 505. The van der Waals surface area contributed by atoms with Crippen molar-refractivity contribution in [3.05, 3.63) is 46.3 Å². The number of aromatic carboxylic acids is 1. The van der Waals surface area contributed by atoms with Gasteiger partial charge in [0.05, 0.1) is 5.56 Å². The summed E-state index contributed by atoms with van der Waals surface area (Å²) in [6.45, 7) is 0. The molecular weight excluding hydrogens is 232 g/mol. The molecule has 0 spiro atoms. The van der Waals surface area contributed by atoms with Crippen LogP contribution >= 0.6 is 22.9 Å². The van der Waals surface area contributed by atoms with E-state index in [1.165, 1.54) is 11.3 Å². The summed E-state index contributed by atoms with van der Waals surface area (Å²) in [4.78, 5) is 11.6. The largest absolute Gasteiger partial charge is 0.478 e. The molecule has 15 heavy (non-hydrogen) atoms. The van der Waals surface area contributed by atoms with Crippen molar-refractivity contribution in [2.24, 2.45) is 0 Å². The Labute approximate surface area is 95.8 Å². The van der Waals surface area contributed by atoms with Gasteiger partial charge in [-0.2, -0.15) is 0 Å². The normalized spacial score (nSPS) is 10.2. The topological polar surface area (TPSA) is 37.3 Å². The Kier molecular flexibility index (Phi) is 2.75. The monoisotopic (exact) mass is 238 g/mol. The fourth-order valence-electron chi connectivity index (χ4n) is 1.25. The first-order valence-corrected chi connectivity index (χ1v) is 5.51. The molecule has 0 saturated carbocycles. The zero-order valence-electron chi connectivity index (χ0n) is 7.61. The molecule has 2 rings (SSSR count). The first kappa shape index (κ1) is 10.2. The second-order valence-electron chi connectivity index (χ2n) is 2.98. The molecule has 2 aromatic rings. The van der Waals surface area contributed by atoms with Gasteiger partial charge in [0.15, 0.2) is 0 Å². The quantitative estimate of drug-likeness (QED) is 0.865. The van der Waals surface area contributed by atoms with Crippen LogP contribution < -0.4 is 0 Å². The second kappa shape index (κ2) is 4.04. The lowest BCUT2D eigenvalue weighted by Crippen LogP contribution is -1.91. The summed E-state index contributed by atoms with van der Waals surface area (Å²) < 4.78 is 0. The molecule has 1 aromatic heterocycles. The average Bonchev–Trinajstić information content (AvgIpc) is 2.67. The van der Waals surface area contributed by atoms with E-state index in [1.807, 2.05) is 18.2 Å². The standard InChI is InChI=1S/C11H7ClO2S/c12-9-4-2-1-3-8(9)10-5-7(6-15-10)11(13)14/h1-6H,(H,13,14). The van der Waals surface area contributed by atoms with Gasteiger partial charge in [0, 0.05) is 20.8 Å². The average molecular weight is 239 g/mol. The van der Waals surface area contributed by atoms with Crippen molar-refractivity contribution >= 4 is 28.9 Å². The summed E-state index contributed by atoms with van der Waals surface area (Å²) in [5, 5.41) is 11.0. The molecule has 0 aliphatic rings. The summed E-state index contributed by atoms with van der Waals surface area (Å²) >= 11 is 7.39. The zero-order valence-corrected chi connectivity index (χ0v) is 9.18. The lowest BCUT2D eigenvalue weighted by molar-refractivity contribution is 0.0697. The van der Waals surface area contributed by atoms with Crippen molar-refractivity contribution in [1.29, 1.82) is 0 Å². The summed E-state index contributed by atoms with van der Waals surface area (Å²) in [5.41, 5.74) is 1.17. The van der Waals surface area contributed by atoms with Crippen molar-refractivity contribution in [1.82, 2.24) is 0 Å². The van der Waals surface area contributed by atoms with Crippen LogP contribution in [-0.2, 0) is 0 Å². The smallest absolute Gasteiger partial charge is 0.336 e. The SMILES string of the molecule is O=C(O)c1csc(-c2ccccc2Cl)c1. The van der Waals surface area contributed by atoms with Gasteiger partial charge in [0.25, 0.3) is 0 Å². The van der Waals surface area contributed by atoms with Gasteiger partial charge in [-0.15, -0.1) is 11.3 Å². The van der Waals surface area contributed by atoms with Crippen LogP contribution in [0.25, 0.3) is 10.4 Å². The molecule has 1 aromatic carbocycles. The lowest BCUT2D eigenvalue weighted by Gasteiger charge is -1.98. The predicted octanol–water partition coefficient (Wildman–Crippen LogP) is 3.77. The maximum absolute atomic E-state index is 10.7. The molecule has 0 radical (unpaired) electrons. The van der Waals surface area contributed by atoms with Crippen molar-refractivity contribution in [2.75, 3.05) is 0 Å². The van der Waals surface area contributed by atoms with Gasteiger partial charge < -0.3 is 5.11 Å². The highest BCUT2D eigenvalue weighted by molar-refractivity contribution is 7.14. The van der Waals surface area contributed by atoms with E-state index in [4.69, 9.17) is 16.7 Å². The second-order valence-corrected chi connectivity index (χ2v) is 4.30. The van der Waals surface area contributed by atoms with Gasteiger partial charge in [-0.05, 0) is 12.1 Å². The number of thiophene rings is 1. The molecule has 0 atom stereocenters. The summed E-state index contributed by atoms with van der Waals surface area (Å²) in [5.74, 6) is -0.912.